The molecule has 1 fully saturated rings. The van der Waals surface area contributed by atoms with Crippen LogP contribution in [0.3, 0.4) is 0 Å². The molecule has 1 unspecified atom stereocenters. The molecule has 2 aromatic rings. The van der Waals surface area contributed by atoms with Gasteiger partial charge < -0.3 is 10.2 Å². The SMILES string of the molecule is CNC(=O)C1CCCN(C(=O)c2ccc(-n3cc(C)cn3)cc2)C1. The standard InChI is InChI=1S/C18H22N4O2/c1-13-10-20-22(11-13)16-7-5-14(6-8-16)18(24)21-9-3-4-15(12-21)17(23)19-2/h5-8,10-11,15H,3-4,9,12H2,1-2H3,(H,19,23). The van der Waals surface area contributed by atoms with Crippen molar-refractivity contribution in [2.24, 2.45) is 5.92 Å². The number of hydrogen-bond donors (Lipinski definition) is 1. The maximum atomic E-state index is 12.7. The number of rotatable bonds is 3. The Kier molecular flexibility index (Phi) is 4.64. The molecule has 1 atom stereocenters. The summed E-state index contributed by atoms with van der Waals surface area (Å²) in [4.78, 5) is 26.3. The Morgan fingerprint density at radius 2 is 2.00 bits per heavy atom. The van der Waals surface area contributed by atoms with Crippen LogP contribution in [0.2, 0.25) is 0 Å². The Morgan fingerprint density at radius 1 is 1.25 bits per heavy atom. The first-order valence-corrected chi connectivity index (χ1v) is 8.21. The van der Waals surface area contributed by atoms with E-state index in [4.69, 9.17) is 0 Å². The summed E-state index contributed by atoms with van der Waals surface area (Å²) in [6.07, 6.45) is 5.43. The van der Waals surface area contributed by atoms with Crippen molar-refractivity contribution in [1.29, 1.82) is 0 Å². The van der Waals surface area contributed by atoms with Gasteiger partial charge in [0.1, 0.15) is 0 Å². The first-order valence-electron chi connectivity index (χ1n) is 8.21. The van der Waals surface area contributed by atoms with Gasteiger partial charge in [-0.3, -0.25) is 9.59 Å². The van der Waals surface area contributed by atoms with Gasteiger partial charge >= 0.3 is 0 Å². The fourth-order valence-electron chi connectivity index (χ4n) is 3.07. The summed E-state index contributed by atoms with van der Waals surface area (Å²) < 4.78 is 1.78. The summed E-state index contributed by atoms with van der Waals surface area (Å²) in [7, 11) is 1.64. The van der Waals surface area contributed by atoms with Crippen LogP contribution in [0, 0.1) is 12.8 Å². The van der Waals surface area contributed by atoms with Crippen LogP contribution in [0.15, 0.2) is 36.7 Å². The molecule has 0 saturated carbocycles. The average molecular weight is 326 g/mol. The zero-order chi connectivity index (χ0) is 17.1. The number of aromatic nitrogens is 2. The lowest BCUT2D eigenvalue weighted by Crippen LogP contribution is -2.44. The quantitative estimate of drug-likeness (QED) is 0.935. The summed E-state index contributed by atoms with van der Waals surface area (Å²) in [5, 5.41) is 6.94. The van der Waals surface area contributed by atoms with Crippen molar-refractivity contribution >= 4 is 11.8 Å². The van der Waals surface area contributed by atoms with Crippen molar-refractivity contribution < 1.29 is 9.59 Å². The Labute approximate surface area is 141 Å². The van der Waals surface area contributed by atoms with Gasteiger partial charge in [-0.25, -0.2) is 4.68 Å². The number of piperidine rings is 1. The molecule has 126 valence electrons. The molecule has 0 radical (unpaired) electrons. The highest BCUT2D eigenvalue weighted by Crippen LogP contribution is 2.19. The van der Waals surface area contributed by atoms with Gasteiger partial charge in [0.25, 0.3) is 5.91 Å². The molecule has 3 rings (SSSR count). The molecule has 0 bridgehead atoms. The van der Waals surface area contributed by atoms with Gasteiger partial charge in [-0.1, -0.05) is 0 Å². The van der Waals surface area contributed by atoms with Crippen molar-refractivity contribution in [2.75, 3.05) is 20.1 Å². The number of hydrogen-bond acceptors (Lipinski definition) is 3. The van der Waals surface area contributed by atoms with Crippen molar-refractivity contribution in [1.82, 2.24) is 20.0 Å². The molecule has 1 saturated heterocycles. The second-order valence-electron chi connectivity index (χ2n) is 6.21. The Morgan fingerprint density at radius 3 is 2.62 bits per heavy atom. The lowest BCUT2D eigenvalue weighted by Gasteiger charge is -2.31. The number of aryl methyl sites for hydroxylation is 1. The third-order valence-corrected chi connectivity index (χ3v) is 4.42. The average Bonchev–Trinajstić information content (AvgIpc) is 3.07. The smallest absolute Gasteiger partial charge is 0.253 e. The van der Waals surface area contributed by atoms with E-state index in [1.165, 1.54) is 0 Å². The molecule has 2 amide bonds. The van der Waals surface area contributed by atoms with Crippen LogP contribution >= 0.6 is 0 Å². The number of carbonyl (C=O) groups is 2. The van der Waals surface area contributed by atoms with E-state index in [0.717, 1.165) is 24.1 Å². The zero-order valence-corrected chi connectivity index (χ0v) is 14.0. The van der Waals surface area contributed by atoms with Gasteiger partial charge in [0.15, 0.2) is 0 Å². The molecule has 6 heteroatoms. The minimum atomic E-state index is -0.112. The fourth-order valence-corrected chi connectivity index (χ4v) is 3.07. The van der Waals surface area contributed by atoms with Crippen LogP contribution in [0.4, 0.5) is 0 Å². The van der Waals surface area contributed by atoms with Gasteiger partial charge in [-0.15, -0.1) is 0 Å². The highest BCUT2D eigenvalue weighted by Gasteiger charge is 2.28. The molecule has 2 heterocycles. The molecular weight excluding hydrogens is 304 g/mol. The Balaban J connectivity index is 1.71. The van der Waals surface area contributed by atoms with E-state index in [1.807, 2.05) is 37.4 Å². The molecule has 1 aliphatic heterocycles. The van der Waals surface area contributed by atoms with E-state index in [0.29, 0.717) is 18.7 Å². The van der Waals surface area contributed by atoms with E-state index in [1.54, 1.807) is 22.8 Å². The van der Waals surface area contributed by atoms with E-state index in [9.17, 15) is 9.59 Å². The first kappa shape index (κ1) is 16.2. The number of amides is 2. The Bertz CT molecular complexity index is 736. The highest BCUT2D eigenvalue weighted by molar-refractivity contribution is 5.95. The molecule has 1 aromatic carbocycles. The number of carbonyl (C=O) groups excluding carboxylic acids is 2. The normalized spacial score (nSPS) is 17.6. The minimum absolute atomic E-state index is 0.0110. The first-order chi connectivity index (χ1) is 11.6. The topological polar surface area (TPSA) is 67.2 Å². The highest BCUT2D eigenvalue weighted by atomic mass is 16.2. The molecule has 24 heavy (non-hydrogen) atoms. The largest absolute Gasteiger partial charge is 0.359 e. The van der Waals surface area contributed by atoms with Crippen molar-refractivity contribution in [3.8, 4) is 5.69 Å². The lowest BCUT2D eigenvalue weighted by molar-refractivity contribution is -0.125. The van der Waals surface area contributed by atoms with E-state index >= 15 is 0 Å². The summed E-state index contributed by atoms with van der Waals surface area (Å²) in [5.74, 6) is -0.122. The van der Waals surface area contributed by atoms with Crippen molar-refractivity contribution in [3.63, 3.8) is 0 Å². The van der Waals surface area contributed by atoms with E-state index in [2.05, 4.69) is 10.4 Å². The van der Waals surface area contributed by atoms with Crippen LogP contribution in [0.1, 0.15) is 28.8 Å². The van der Waals surface area contributed by atoms with E-state index in [-0.39, 0.29) is 17.7 Å². The number of nitrogens with zero attached hydrogens (tertiary/aromatic N) is 3. The van der Waals surface area contributed by atoms with Gasteiger partial charge in [0.2, 0.25) is 5.91 Å². The third kappa shape index (κ3) is 3.32. The van der Waals surface area contributed by atoms with Gasteiger partial charge in [-0.2, -0.15) is 5.10 Å². The molecular formula is C18H22N4O2. The molecule has 6 nitrogen and oxygen atoms in total. The number of benzene rings is 1. The third-order valence-electron chi connectivity index (χ3n) is 4.42. The van der Waals surface area contributed by atoms with Crippen LogP contribution in [0.25, 0.3) is 5.69 Å². The fraction of sp³-hybridized carbons (Fsp3) is 0.389. The lowest BCUT2D eigenvalue weighted by atomic mass is 9.96. The maximum absolute atomic E-state index is 12.7. The van der Waals surface area contributed by atoms with Gasteiger partial charge in [0, 0.05) is 31.9 Å². The monoisotopic (exact) mass is 326 g/mol. The van der Waals surface area contributed by atoms with Crippen LogP contribution in [0.5, 0.6) is 0 Å². The summed E-state index contributed by atoms with van der Waals surface area (Å²) in [5.41, 5.74) is 2.64. The molecule has 0 aliphatic carbocycles. The van der Waals surface area contributed by atoms with Crippen LogP contribution in [-0.2, 0) is 4.79 Å². The summed E-state index contributed by atoms with van der Waals surface area (Å²) in [6.45, 7) is 3.17. The number of nitrogens with one attached hydrogen (secondary N) is 1. The van der Waals surface area contributed by atoms with Crippen LogP contribution < -0.4 is 5.32 Å². The zero-order valence-electron chi connectivity index (χ0n) is 14.0. The molecule has 1 aromatic heterocycles. The molecule has 1 N–H and O–H groups in total. The minimum Gasteiger partial charge on any atom is -0.359 e. The van der Waals surface area contributed by atoms with Gasteiger partial charge in [0.05, 0.1) is 17.8 Å². The maximum Gasteiger partial charge on any atom is 0.253 e. The Hall–Kier alpha value is -2.63. The summed E-state index contributed by atoms with van der Waals surface area (Å²) in [6, 6.07) is 7.41. The second-order valence-corrected chi connectivity index (χ2v) is 6.21. The summed E-state index contributed by atoms with van der Waals surface area (Å²) >= 11 is 0. The second kappa shape index (κ2) is 6.86. The van der Waals surface area contributed by atoms with Gasteiger partial charge in [-0.05, 0) is 49.6 Å². The van der Waals surface area contributed by atoms with E-state index < -0.39 is 0 Å². The van der Waals surface area contributed by atoms with Crippen LogP contribution in [-0.4, -0.2) is 46.6 Å². The predicted molar refractivity (Wildman–Crippen MR) is 91.0 cm³/mol. The number of likely N-dealkylation sites (tertiary alicyclic amines) is 1. The van der Waals surface area contributed by atoms with Crippen molar-refractivity contribution in [3.05, 3.63) is 47.8 Å². The predicted octanol–water partition coefficient (Wildman–Crippen LogP) is 1.78. The molecule has 1 aliphatic rings. The molecule has 0 spiro atoms. The van der Waals surface area contributed by atoms with Crippen molar-refractivity contribution in [2.45, 2.75) is 19.8 Å².